The van der Waals surface area contributed by atoms with E-state index in [0.717, 1.165) is 5.69 Å². The molecule has 0 aliphatic carbocycles. The van der Waals surface area contributed by atoms with Gasteiger partial charge in [0.15, 0.2) is 0 Å². The molecular weight excluding hydrogens is 253 g/mol. The summed E-state index contributed by atoms with van der Waals surface area (Å²) in [4.78, 5) is 0. The number of ether oxygens (including phenoxy) is 1. The first-order valence-corrected chi connectivity index (χ1v) is 6.41. The van der Waals surface area contributed by atoms with Crippen molar-refractivity contribution in [2.45, 2.75) is 6.42 Å². The van der Waals surface area contributed by atoms with E-state index in [0.29, 0.717) is 12.3 Å². The zero-order chi connectivity index (χ0) is 12.0. The zero-order valence-electron chi connectivity index (χ0n) is 9.97. The molecule has 90 valence electrons. The second-order valence-electron chi connectivity index (χ2n) is 3.24. The molecule has 5 nitrogen and oxygen atoms in total. The molecule has 0 heterocycles. The van der Waals surface area contributed by atoms with Crippen molar-refractivity contribution in [3.8, 4) is 5.75 Å². The molecular formula is C10H14NNaO4S. The van der Waals surface area contributed by atoms with E-state index in [2.05, 4.69) is 5.32 Å². The van der Waals surface area contributed by atoms with Crippen LogP contribution < -0.4 is 39.6 Å². The molecule has 1 rings (SSSR count). The third-order valence-electron chi connectivity index (χ3n) is 1.99. The molecule has 0 atom stereocenters. The van der Waals surface area contributed by atoms with E-state index in [4.69, 9.17) is 4.74 Å². The Morgan fingerprint density at radius 2 is 2.00 bits per heavy atom. The Balaban J connectivity index is 0.00000256. The molecule has 0 unspecified atom stereocenters. The summed E-state index contributed by atoms with van der Waals surface area (Å²) in [6.45, 7) is 0.418. The molecule has 0 bridgehead atoms. The van der Waals surface area contributed by atoms with Crippen LogP contribution in [0.3, 0.4) is 0 Å². The molecule has 0 spiro atoms. The number of hydrogen-bond donors (Lipinski definition) is 1. The van der Waals surface area contributed by atoms with Gasteiger partial charge in [-0.05, 0) is 18.6 Å². The van der Waals surface area contributed by atoms with Crippen LogP contribution in [0.25, 0.3) is 0 Å². The van der Waals surface area contributed by atoms with Crippen molar-refractivity contribution in [1.82, 2.24) is 0 Å². The number of anilines is 1. The average Bonchev–Trinajstić information content (AvgIpc) is 2.23. The largest absolute Gasteiger partial charge is 1.00 e. The standard InChI is InChI=1S/C10H15NO4S.Na/c1-15-10-6-3-2-5-9(10)11-7-4-8-16(12,13)14;/h2-3,5-6,11H,4,7-8H2,1H3,(H,12,13,14);/q;+1/p-1. The van der Waals surface area contributed by atoms with Crippen molar-refractivity contribution in [3.05, 3.63) is 24.3 Å². The van der Waals surface area contributed by atoms with E-state index in [-0.39, 0.29) is 41.7 Å². The maximum Gasteiger partial charge on any atom is 1.00 e. The summed E-state index contributed by atoms with van der Waals surface area (Å²) in [5.74, 6) is 0.335. The molecule has 0 aromatic heterocycles. The Morgan fingerprint density at radius 1 is 1.35 bits per heavy atom. The van der Waals surface area contributed by atoms with Gasteiger partial charge in [-0.1, -0.05) is 12.1 Å². The topological polar surface area (TPSA) is 78.5 Å². The summed E-state index contributed by atoms with van der Waals surface area (Å²) in [5.41, 5.74) is 0.785. The molecule has 0 saturated carbocycles. The Labute approximate surface area is 124 Å². The summed E-state index contributed by atoms with van der Waals surface area (Å²) >= 11 is 0. The van der Waals surface area contributed by atoms with Gasteiger partial charge in [0, 0.05) is 12.3 Å². The van der Waals surface area contributed by atoms with E-state index in [1.807, 2.05) is 18.2 Å². The Morgan fingerprint density at radius 3 is 2.59 bits per heavy atom. The van der Waals surface area contributed by atoms with Crippen molar-refractivity contribution in [1.29, 1.82) is 0 Å². The van der Waals surface area contributed by atoms with Crippen LogP contribution in [-0.4, -0.2) is 32.4 Å². The van der Waals surface area contributed by atoms with Crippen LogP contribution in [0, 0.1) is 0 Å². The predicted octanol–water partition coefficient (Wildman–Crippen LogP) is -1.95. The SMILES string of the molecule is COc1ccccc1NCCCS(=O)(=O)[O-].[Na+]. The van der Waals surface area contributed by atoms with Gasteiger partial charge in [0.2, 0.25) is 0 Å². The minimum atomic E-state index is -4.12. The Kier molecular flexibility index (Phi) is 7.82. The van der Waals surface area contributed by atoms with Gasteiger partial charge in [0.05, 0.1) is 22.9 Å². The predicted molar refractivity (Wildman–Crippen MR) is 60.7 cm³/mol. The van der Waals surface area contributed by atoms with Gasteiger partial charge >= 0.3 is 29.6 Å². The molecule has 0 fully saturated rings. The molecule has 0 radical (unpaired) electrons. The van der Waals surface area contributed by atoms with Gasteiger partial charge in [-0.3, -0.25) is 0 Å². The fraction of sp³-hybridized carbons (Fsp3) is 0.400. The van der Waals surface area contributed by atoms with Crippen molar-refractivity contribution in [2.75, 3.05) is 24.7 Å². The van der Waals surface area contributed by atoms with Crippen LogP contribution in [-0.2, 0) is 10.1 Å². The minimum Gasteiger partial charge on any atom is -0.748 e. The van der Waals surface area contributed by atoms with Crippen LogP contribution in [0.15, 0.2) is 24.3 Å². The molecule has 0 aliphatic heterocycles. The van der Waals surface area contributed by atoms with Gasteiger partial charge in [-0.2, -0.15) is 0 Å². The van der Waals surface area contributed by atoms with Gasteiger partial charge in [-0.25, -0.2) is 8.42 Å². The van der Waals surface area contributed by atoms with E-state index >= 15 is 0 Å². The van der Waals surface area contributed by atoms with E-state index in [1.165, 1.54) is 0 Å². The molecule has 0 amide bonds. The first kappa shape index (κ1) is 16.7. The Bertz CT molecular complexity index is 436. The van der Waals surface area contributed by atoms with Crippen LogP contribution in [0.1, 0.15) is 6.42 Å². The van der Waals surface area contributed by atoms with Gasteiger partial charge in [0.25, 0.3) is 0 Å². The van der Waals surface area contributed by atoms with Crippen LogP contribution in [0.5, 0.6) is 5.75 Å². The molecule has 7 heteroatoms. The minimum absolute atomic E-state index is 0. The number of para-hydroxylation sites is 2. The summed E-state index contributed by atoms with van der Waals surface area (Å²) in [7, 11) is -2.56. The average molecular weight is 267 g/mol. The van der Waals surface area contributed by atoms with Crippen molar-refractivity contribution >= 4 is 15.8 Å². The molecule has 0 aliphatic rings. The fourth-order valence-electron chi connectivity index (χ4n) is 1.26. The second kappa shape index (κ2) is 7.94. The Hall–Kier alpha value is -0.270. The summed E-state index contributed by atoms with van der Waals surface area (Å²) in [5, 5.41) is 3.01. The summed E-state index contributed by atoms with van der Waals surface area (Å²) in [6, 6.07) is 7.30. The molecule has 0 saturated heterocycles. The number of methoxy groups -OCH3 is 1. The monoisotopic (exact) mass is 267 g/mol. The van der Waals surface area contributed by atoms with Gasteiger partial charge in [-0.15, -0.1) is 0 Å². The summed E-state index contributed by atoms with van der Waals surface area (Å²) < 4.78 is 36.2. The number of rotatable bonds is 6. The number of nitrogens with one attached hydrogen (secondary N) is 1. The van der Waals surface area contributed by atoms with E-state index < -0.39 is 10.1 Å². The third-order valence-corrected chi connectivity index (χ3v) is 2.78. The quantitative estimate of drug-likeness (QED) is 0.368. The smallest absolute Gasteiger partial charge is 0.748 e. The van der Waals surface area contributed by atoms with Crippen LogP contribution in [0.2, 0.25) is 0 Å². The van der Waals surface area contributed by atoms with E-state index in [9.17, 15) is 13.0 Å². The van der Waals surface area contributed by atoms with Gasteiger partial charge in [0.1, 0.15) is 5.75 Å². The second-order valence-corrected chi connectivity index (χ2v) is 4.77. The summed E-state index contributed by atoms with van der Waals surface area (Å²) in [6.07, 6.45) is 0.282. The maximum absolute atomic E-state index is 10.4. The molecule has 1 aromatic carbocycles. The molecule has 1 aromatic rings. The van der Waals surface area contributed by atoms with Crippen molar-refractivity contribution in [2.24, 2.45) is 0 Å². The zero-order valence-corrected chi connectivity index (χ0v) is 12.8. The number of benzene rings is 1. The number of hydrogen-bond acceptors (Lipinski definition) is 5. The molecule has 1 N–H and O–H groups in total. The normalized spacial score (nSPS) is 10.5. The molecule has 17 heavy (non-hydrogen) atoms. The van der Waals surface area contributed by atoms with Crippen molar-refractivity contribution < 1.29 is 47.3 Å². The van der Waals surface area contributed by atoms with Gasteiger partial charge < -0.3 is 14.6 Å². The maximum atomic E-state index is 10.4. The third kappa shape index (κ3) is 6.90. The van der Waals surface area contributed by atoms with E-state index in [1.54, 1.807) is 13.2 Å². The first-order chi connectivity index (χ1) is 7.53. The van der Waals surface area contributed by atoms with Crippen LogP contribution in [0.4, 0.5) is 5.69 Å². The van der Waals surface area contributed by atoms with Crippen molar-refractivity contribution in [3.63, 3.8) is 0 Å². The van der Waals surface area contributed by atoms with Crippen LogP contribution >= 0.6 is 0 Å². The fourth-order valence-corrected chi connectivity index (χ4v) is 1.76. The first-order valence-electron chi connectivity index (χ1n) is 4.83.